The van der Waals surface area contributed by atoms with E-state index >= 15 is 0 Å². The van der Waals surface area contributed by atoms with E-state index in [0.717, 1.165) is 6.42 Å². The summed E-state index contributed by atoms with van der Waals surface area (Å²) >= 11 is 0.568. The van der Waals surface area contributed by atoms with E-state index in [2.05, 4.69) is 15.5 Å². The van der Waals surface area contributed by atoms with Crippen molar-refractivity contribution in [3.05, 3.63) is 5.01 Å². The Balaban J connectivity index is 1.74. The lowest BCUT2D eigenvalue weighted by Gasteiger charge is -2.21. The van der Waals surface area contributed by atoms with Gasteiger partial charge in [-0.05, 0) is 12.3 Å². The van der Waals surface area contributed by atoms with Crippen molar-refractivity contribution in [2.45, 2.75) is 44.7 Å². The second-order valence-corrected chi connectivity index (χ2v) is 5.61. The average molecular weight is 279 g/mol. The molecular weight excluding hydrogens is 263 g/mol. The zero-order valence-corrected chi connectivity index (χ0v) is 10.8. The maximum atomic E-state index is 12.3. The molecule has 0 spiro atoms. The number of nitrogens with one attached hydrogen (secondary N) is 1. The summed E-state index contributed by atoms with van der Waals surface area (Å²) in [6.45, 7) is 0.678. The zero-order chi connectivity index (χ0) is 13.0. The fraction of sp³-hybridized carbons (Fsp3) is 0.818. The molecule has 1 aliphatic carbocycles. The molecule has 102 valence electrons. The van der Waals surface area contributed by atoms with Gasteiger partial charge in [0.15, 0.2) is 0 Å². The van der Waals surface area contributed by atoms with Gasteiger partial charge in [-0.15, -0.1) is 10.2 Å². The quantitative estimate of drug-likeness (QED) is 0.907. The molecule has 0 aliphatic heterocycles. The highest BCUT2D eigenvalue weighted by molar-refractivity contribution is 7.15. The fourth-order valence-corrected chi connectivity index (χ4v) is 2.90. The summed E-state index contributed by atoms with van der Waals surface area (Å²) in [5.41, 5.74) is 0. The molecule has 1 N–H and O–H groups in total. The van der Waals surface area contributed by atoms with Crippen molar-refractivity contribution in [3.8, 4) is 0 Å². The van der Waals surface area contributed by atoms with Crippen molar-refractivity contribution in [2.75, 3.05) is 11.9 Å². The number of rotatable bonds is 4. The van der Waals surface area contributed by atoms with Crippen LogP contribution in [-0.2, 0) is 6.18 Å². The number of anilines is 1. The predicted molar refractivity (Wildman–Crippen MR) is 64.6 cm³/mol. The van der Waals surface area contributed by atoms with Crippen molar-refractivity contribution in [2.24, 2.45) is 5.92 Å². The number of aromatic nitrogens is 2. The Morgan fingerprint density at radius 1 is 1.17 bits per heavy atom. The van der Waals surface area contributed by atoms with Crippen molar-refractivity contribution in [3.63, 3.8) is 0 Å². The van der Waals surface area contributed by atoms with E-state index in [1.54, 1.807) is 0 Å². The molecule has 1 aromatic rings. The second kappa shape index (κ2) is 5.86. The van der Waals surface area contributed by atoms with Crippen molar-refractivity contribution in [1.29, 1.82) is 0 Å². The Morgan fingerprint density at radius 2 is 1.89 bits per heavy atom. The topological polar surface area (TPSA) is 37.8 Å². The molecule has 0 bridgehead atoms. The highest BCUT2D eigenvalue weighted by Gasteiger charge is 2.35. The van der Waals surface area contributed by atoms with Crippen molar-refractivity contribution >= 4 is 16.5 Å². The maximum Gasteiger partial charge on any atom is 0.445 e. The molecule has 0 atom stereocenters. The molecule has 0 aromatic carbocycles. The van der Waals surface area contributed by atoms with Crippen molar-refractivity contribution < 1.29 is 13.2 Å². The van der Waals surface area contributed by atoms with E-state index in [1.165, 1.54) is 32.1 Å². The van der Waals surface area contributed by atoms with Crippen LogP contribution in [0.15, 0.2) is 0 Å². The minimum absolute atomic E-state index is 0.262. The van der Waals surface area contributed by atoms with E-state index < -0.39 is 11.2 Å². The van der Waals surface area contributed by atoms with E-state index in [4.69, 9.17) is 0 Å². The summed E-state index contributed by atoms with van der Waals surface area (Å²) in [5, 5.41) is 8.94. The third-order valence-electron chi connectivity index (χ3n) is 3.22. The molecule has 0 unspecified atom stereocenters. The molecule has 3 nitrogen and oxygen atoms in total. The summed E-state index contributed by atoms with van der Waals surface area (Å²) < 4.78 is 36.9. The summed E-state index contributed by atoms with van der Waals surface area (Å²) in [6.07, 6.45) is 2.97. The summed E-state index contributed by atoms with van der Waals surface area (Å²) in [7, 11) is 0. The third-order valence-corrected chi connectivity index (χ3v) is 4.15. The van der Waals surface area contributed by atoms with Crippen molar-refractivity contribution in [1.82, 2.24) is 10.2 Å². The monoisotopic (exact) mass is 279 g/mol. The molecule has 1 fully saturated rings. The van der Waals surface area contributed by atoms with Crippen LogP contribution in [0.4, 0.5) is 18.3 Å². The third kappa shape index (κ3) is 3.83. The van der Waals surface area contributed by atoms with Gasteiger partial charge in [-0.1, -0.05) is 43.4 Å². The van der Waals surface area contributed by atoms with Gasteiger partial charge in [-0.3, -0.25) is 0 Å². The molecule has 1 aromatic heterocycles. The van der Waals surface area contributed by atoms with Gasteiger partial charge in [0.25, 0.3) is 0 Å². The normalized spacial score (nSPS) is 17.9. The molecule has 0 saturated heterocycles. The molecule has 1 aliphatic rings. The maximum absolute atomic E-state index is 12.3. The minimum Gasteiger partial charge on any atom is -0.360 e. The van der Waals surface area contributed by atoms with E-state index in [1.807, 2.05) is 0 Å². The Labute approximate surface area is 108 Å². The van der Waals surface area contributed by atoms with Gasteiger partial charge in [0, 0.05) is 6.54 Å². The number of halogens is 3. The first-order valence-corrected chi connectivity index (χ1v) is 7.02. The highest BCUT2D eigenvalue weighted by Crippen LogP contribution is 2.33. The zero-order valence-electron chi connectivity index (χ0n) is 9.96. The molecule has 2 rings (SSSR count). The predicted octanol–water partition coefficient (Wildman–Crippen LogP) is 3.94. The van der Waals surface area contributed by atoms with E-state index in [9.17, 15) is 13.2 Å². The lowest BCUT2D eigenvalue weighted by molar-refractivity contribution is -0.138. The Bertz CT molecular complexity index is 372. The molecular formula is C11H16F3N3S. The number of hydrogen-bond acceptors (Lipinski definition) is 4. The fourth-order valence-electron chi connectivity index (χ4n) is 2.27. The van der Waals surface area contributed by atoms with Crippen LogP contribution in [0.5, 0.6) is 0 Å². The molecule has 0 radical (unpaired) electrons. The summed E-state index contributed by atoms with van der Waals surface area (Å²) in [6, 6.07) is 0. The van der Waals surface area contributed by atoms with Gasteiger partial charge in [0.05, 0.1) is 0 Å². The first-order chi connectivity index (χ1) is 8.55. The molecule has 1 heterocycles. The lowest BCUT2D eigenvalue weighted by Crippen LogP contribution is -2.12. The Morgan fingerprint density at radius 3 is 2.50 bits per heavy atom. The van der Waals surface area contributed by atoms with Crippen LogP contribution in [0, 0.1) is 5.92 Å². The smallest absolute Gasteiger partial charge is 0.360 e. The Hall–Kier alpha value is -0.850. The Kier molecular flexibility index (Phi) is 4.42. The minimum atomic E-state index is -4.39. The van der Waals surface area contributed by atoms with Gasteiger partial charge in [-0.2, -0.15) is 13.2 Å². The number of nitrogens with zero attached hydrogens (tertiary/aromatic N) is 2. The summed E-state index contributed by atoms with van der Waals surface area (Å²) in [5.74, 6) is 0.709. The SMILES string of the molecule is FC(F)(F)c1nnc(NCCC2CCCCC2)s1. The standard InChI is InChI=1S/C11H16F3N3S/c12-11(13,14)9-16-17-10(18-9)15-7-6-8-4-2-1-3-5-8/h8H,1-7H2,(H,15,17). The lowest BCUT2D eigenvalue weighted by atomic mass is 9.87. The van der Waals surface area contributed by atoms with Crippen LogP contribution in [0.25, 0.3) is 0 Å². The first-order valence-electron chi connectivity index (χ1n) is 6.20. The van der Waals surface area contributed by atoms with Crippen LogP contribution in [-0.4, -0.2) is 16.7 Å². The van der Waals surface area contributed by atoms with Gasteiger partial charge < -0.3 is 5.32 Å². The van der Waals surface area contributed by atoms with Gasteiger partial charge in [0.2, 0.25) is 10.1 Å². The van der Waals surface area contributed by atoms with Gasteiger partial charge >= 0.3 is 6.18 Å². The highest BCUT2D eigenvalue weighted by atomic mass is 32.1. The van der Waals surface area contributed by atoms with Crippen LogP contribution in [0.3, 0.4) is 0 Å². The number of alkyl halides is 3. The van der Waals surface area contributed by atoms with Crippen LogP contribution >= 0.6 is 11.3 Å². The molecule has 1 saturated carbocycles. The number of hydrogen-bond donors (Lipinski definition) is 1. The van der Waals surface area contributed by atoms with E-state index in [-0.39, 0.29) is 5.13 Å². The summed E-state index contributed by atoms with van der Waals surface area (Å²) in [4.78, 5) is 0. The molecule has 0 amide bonds. The largest absolute Gasteiger partial charge is 0.445 e. The molecule has 7 heteroatoms. The average Bonchev–Trinajstić information content (AvgIpc) is 2.79. The second-order valence-electron chi connectivity index (χ2n) is 4.63. The first kappa shape index (κ1) is 13.6. The van der Waals surface area contributed by atoms with Crippen LogP contribution in [0.1, 0.15) is 43.5 Å². The van der Waals surface area contributed by atoms with Gasteiger partial charge in [0.1, 0.15) is 0 Å². The van der Waals surface area contributed by atoms with Crippen LogP contribution < -0.4 is 5.32 Å². The van der Waals surface area contributed by atoms with Crippen LogP contribution in [0.2, 0.25) is 0 Å². The molecule has 18 heavy (non-hydrogen) atoms. The van der Waals surface area contributed by atoms with E-state index in [0.29, 0.717) is 23.8 Å². The van der Waals surface area contributed by atoms with Gasteiger partial charge in [-0.25, -0.2) is 0 Å².